The topological polar surface area (TPSA) is 0 Å². The van der Waals surface area contributed by atoms with Crippen molar-refractivity contribution in [3.8, 4) is 0 Å². The van der Waals surface area contributed by atoms with E-state index in [1.165, 1.54) is 6.07 Å². The molecule has 0 spiro atoms. The van der Waals surface area contributed by atoms with Crippen LogP contribution in [0, 0.1) is 0 Å². The molecule has 0 aliphatic carbocycles. The van der Waals surface area contributed by atoms with Gasteiger partial charge in [-0.1, -0.05) is 45.9 Å². The maximum absolute atomic E-state index is 13.4. The predicted octanol–water partition coefficient (Wildman–Crippen LogP) is 6.11. The molecule has 0 amide bonds. The molecule has 0 N–H and O–H groups in total. The standard InChI is InChI=1S/C15H19ClF4/c1-8(2)10-5-6-11(12(7-10)9(3)4)13(16)15(19,20)14(17)18/h5-9,13-14H,1-4H3. The number of halogens is 5. The largest absolute Gasteiger partial charge is 0.327 e. The maximum Gasteiger partial charge on any atom is 0.327 e. The first-order chi connectivity index (χ1) is 9.09. The summed E-state index contributed by atoms with van der Waals surface area (Å²) in [6.45, 7) is 7.61. The zero-order valence-electron chi connectivity index (χ0n) is 11.9. The Labute approximate surface area is 122 Å². The molecule has 0 aliphatic heterocycles. The minimum Gasteiger partial charge on any atom is -0.204 e. The van der Waals surface area contributed by atoms with E-state index in [0.29, 0.717) is 5.56 Å². The smallest absolute Gasteiger partial charge is 0.204 e. The highest BCUT2D eigenvalue weighted by molar-refractivity contribution is 6.21. The molecule has 0 bridgehead atoms. The van der Waals surface area contributed by atoms with Gasteiger partial charge in [0.25, 0.3) is 0 Å². The van der Waals surface area contributed by atoms with Crippen LogP contribution in [-0.4, -0.2) is 12.3 Å². The van der Waals surface area contributed by atoms with E-state index in [1.807, 2.05) is 27.7 Å². The van der Waals surface area contributed by atoms with Crippen LogP contribution in [0.15, 0.2) is 18.2 Å². The summed E-state index contributed by atoms with van der Waals surface area (Å²) >= 11 is 5.64. The van der Waals surface area contributed by atoms with Crippen molar-refractivity contribution in [3.63, 3.8) is 0 Å². The van der Waals surface area contributed by atoms with Gasteiger partial charge in [0.05, 0.1) is 0 Å². The van der Waals surface area contributed by atoms with E-state index in [0.717, 1.165) is 5.56 Å². The number of rotatable bonds is 5. The molecular formula is C15H19ClF4. The first-order valence-electron chi connectivity index (χ1n) is 6.52. The van der Waals surface area contributed by atoms with Crippen LogP contribution in [0.2, 0.25) is 0 Å². The van der Waals surface area contributed by atoms with Gasteiger partial charge in [-0.15, -0.1) is 11.6 Å². The quantitative estimate of drug-likeness (QED) is 0.454. The lowest BCUT2D eigenvalue weighted by Crippen LogP contribution is -2.32. The van der Waals surface area contributed by atoms with Crippen LogP contribution in [0.25, 0.3) is 0 Å². The lowest BCUT2D eigenvalue weighted by Gasteiger charge is -2.25. The van der Waals surface area contributed by atoms with Crippen molar-refractivity contribution >= 4 is 11.6 Å². The molecule has 0 saturated heterocycles. The van der Waals surface area contributed by atoms with Crippen LogP contribution < -0.4 is 0 Å². The fraction of sp³-hybridized carbons (Fsp3) is 0.600. The third kappa shape index (κ3) is 3.46. The van der Waals surface area contributed by atoms with Crippen molar-refractivity contribution in [2.45, 2.75) is 57.3 Å². The van der Waals surface area contributed by atoms with E-state index in [4.69, 9.17) is 11.6 Å². The summed E-state index contributed by atoms with van der Waals surface area (Å²) in [7, 11) is 0. The van der Waals surface area contributed by atoms with E-state index in [-0.39, 0.29) is 17.4 Å². The second-order valence-electron chi connectivity index (χ2n) is 5.54. The fourth-order valence-corrected chi connectivity index (χ4v) is 2.30. The van der Waals surface area contributed by atoms with E-state index in [2.05, 4.69) is 0 Å². The average molecular weight is 311 g/mol. The van der Waals surface area contributed by atoms with Gasteiger partial charge in [-0.25, -0.2) is 8.78 Å². The molecule has 1 atom stereocenters. The molecule has 0 fully saturated rings. The number of benzene rings is 1. The van der Waals surface area contributed by atoms with Gasteiger partial charge >= 0.3 is 12.3 Å². The summed E-state index contributed by atoms with van der Waals surface area (Å²) in [6, 6.07) is 4.89. The molecule has 1 unspecified atom stereocenters. The first kappa shape index (κ1) is 17.3. The van der Waals surface area contributed by atoms with Gasteiger partial charge in [0.15, 0.2) is 0 Å². The van der Waals surface area contributed by atoms with E-state index in [9.17, 15) is 17.6 Å². The average Bonchev–Trinajstić information content (AvgIpc) is 2.36. The Balaban J connectivity index is 3.31. The second-order valence-corrected chi connectivity index (χ2v) is 5.97. The molecule has 0 aromatic heterocycles. The van der Waals surface area contributed by atoms with Crippen LogP contribution in [0.3, 0.4) is 0 Å². The number of hydrogen-bond acceptors (Lipinski definition) is 0. The minimum absolute atomic E-state index is 0.0709. The van der Waals surface area contributed by atoms with Crippen molar-refractivity contribution in [2.24, 2.45) is 0 Å². The zero-order chi connectivity index (χ0) is 15.7. The van der Waals surface area contributed by atoms with E-state index >= 15 is 0 Å². The Hall–Kier alpha value is -0.770. The summed E-state index contributed by atoms with van der Waals surface area (Å²) in [5.74, 6) is -4.09. The molecule has 0 heterocycles. The molecule has 1 rings (SSSR count). The van der Waals surface area contributed by atoms with Crippen molar-refractivity contribution in [2.75, 3.05) is 0 Å². The molecular weight excluding hydrogens is 292 g/mol. The van der Waals surface area contributed by atoms with Crippen molar-refractivity contribution in [3.05, 3.63) is 34.9 Å². The lowest BCUT2D eigenvalue weighted by atomic mass is 9.89. The summed E-state index contributed by atoms with van der Waals surface area (Å²) in [4.78, 5) is 0. The highest BCUT2D eigenvalue weighted by Gasteiger charge is 2.49. The van der Waals surface area contributed by atoms with Crippen molar-refractivity contribution in [1.29, 1.82) is 0 Å². The molecule has 1 aromatic rings. The Morgan fingerprint density at radius 3 is 1.90 bits per heavy atom. The normalized spacial score (nSPS) is 14.4. The van der Waals surface area contributed by atoms with Gasteiger partial charge in [-0.3, -0.25) is 0 Å². The molecule has 20 heavy (non-hydrogen) atoms. The molecule has 0 nitrogen and oxygen atoms in total. The predicted molar refractivity (Wildman–Crippen MR) is 74.2 cm³/mol. The lowest BCUT2D eigenvalue weighted by molar-refractivity contribution is -0.130. The fourth-order valence-electron chi connectivity index (χ4n) is 2.00. The zero-order valence-corrected chi connectivity index (χ0v) is 12.7. The highest BCUT2D eigenvalue weighted by Crippen LogP contribution is 2.44. The van der Waals surface area contributed by atoms with Gasteiger partial charge < -0.3 is 0 Å². The van der Waals surface area contributed by atoms with Gasteiger partial charge in [0.2, 0.25) is 0 Å². The van der Waals surface area contributed by atoms with Gasteiger partial charge in [-0.05, 0) is 28.5 Å². The summed E-state index contributed by atoms with van der Waals surface area (Å²) in [5.41, 5.74) is 1.65. The van der Waals surface area contributed by atoms with E-state index in [1.54, 1.807) is 12.1 Å². The Morgan fingerprint density at radius 2 is 1.50 bits per heavy atom. The van der Waals surface area contributed by atoms with Crippen LogP contribution in [-0.2, 0) is 0 Å². The Morgan fingerprint density at radius 1 is 0.950 bits per heavy atom. The summed E-state index contributed by atoms with van der Waals surface area (Å²) in [6.07, 6.45) is -3.78. The molecule has 1 aromatic carbocycles. The van der Waals surface area contributed by atoms with Crippen molar-refractivity contribution < 1.29 is 17.6 Å². The third-order valence-corrected chi connectivity index (χ3v) is 3.83. The number of hydrogen-bond donors (Lipinski definition) is 0. The monoisotopic (exact) mass is 310 g/mol. The summed E-state index contributed by atoms with van der Waals surface area (Å²) in [5, 5.41) is -2.03. The minimum atomic E-state index is -4.25. The van der Waals surface area contributed by atoms with Crippen LogP contribution in [0.5, 0.6) is 0 Å². The van der Waals surface area contributed by atoms with Crippen LogP contribution >= 0.6 is 11.6 Å². The van der Waals surface area contributed by atoms with Gasteiger partial charge in [-0.2, -0.15) is 8.78 Å². The van der Waals surface area contributed by atoms with Crippen LogP contribution in [0.4, 0.5) is 17.6 Å². The summed E-state index contributed by atoms with van der Waals surface area (Å²) < 4.78 is 51.8. The Bertz CT molecular complexity index is 455. The van der Waals surface area contributed by atoms with Crippen LogP contribution in [0.1, 0.15) is 61.6 Å². The highest BCUT2D eigenvalue weighted by atomic mass is 35.5. The second kappa shape index (κ2) is 6.33. The van der Waals surface area contributed by atoms with Gasteiger partial charge in [0.1, 0.15) is 5.38 Å². The molecule has 0 saturated carbocycles. The van der Waals surface area contributed by atoms with E-state index < -0.39 is 17.7 Å². The molecule has 0 radical (unpaired) electrons. The van der Waals surface area contributed by atoms with Gasteiger partial charge in [0, 0.05) is 0 Å². The Kier molecular flexibility index (Phi) is 5.47. The molecule has 5 heteroatoms. The maximum atomic E-state index is 13.4. The SMILES string of the molecule is CC(C)c1ccc(C(Cl)C(F)(F)C(F)F)c(C(C)C)c1. The molecule has 114 valence electrons. The number of alkyl halides is 5. The molecule has 0 aliphatic rings. The van der Waals surface area contributed by atoms with Crippen molar-refractivity contribution in [1.82, 2.24) is 0 Å². The third-order valence-electron chi connectivity index (χ3n) is 3.30. The first-order valence-corrected chi connectivity index (χ1v) is 6.96.